The van der Waals surface area contributed by atoms with E-state index >= 15 is 0 Å². The number of unbranched alkanes of at least 4 members (excludes halogenated alkanes) is 1. The summed E-state index contributed by atoms with van der Waals surface area (Å²) in [5, 5.41) is 20.3. The predicted octanol–water partition coefficient (Wildman–Crippen LogP) is 5.27. The molecule has 0 aliphatic carbocycles. The molecule has 1 heterocycles. The van der Waals surface area contributed by atoms with Crippen molar-refractivity contribution in [2.45, 2.75) is 52.2 Å². The summed E-state index contributed by atoms with van der Waals surface area (Å²) >= 11 is 0. The Balaban J connectivity index is 1.97. The molecule has 6 heteroatoms. The molecule has 2 atom stereocenters. The van der Waals surface area contributed by atoms with Gasteiger partial charge in [0.25, 0.3) is 0 Å². The third kappa shape index (κ3) is 5.45. The number of phenols is 1. The number of ether oxygens (including phenoxy) is 3. The molecule has 0 unspecified atom stereocenters. The minimum absolute atomic E-state index is 0.0771. The van der Waals surface area contributed by atoms with Crippen molar-refractivity contribution in [2.24, 2.45) is 0 Å². The molecule has 180 valence electrons. The second kappa shape index (κ2) is 11.4. The second-order valence-corrected chi connectivity index (χ2v) is 8.55. The highest BCUT2D eigenvalue weighted by Crippen LogP contribution is 2.51. The summed E-state index contributed by atoms with van der Waals surface area (Å²) in [6, 6.07) is 7.99. The van der Waals surface area contributed by atoms with Gasteiger partial charge < -0.3 is 24.4 Å². The normalized spacial score (nSPS) is 17.4. The average Bonchev–Trinajstić information content (AvgIpc) is 3.15. The number of methoxy groups -OCH3 is 2. The molecule has 33 heavy (non-hydrogen) atoms. The molecule has 1 aliphatic heterocycles. The van der Waals surface area contributed by atoms with Gasteiger partial charge in [-0.3, -0.25) is 4.90 Å². The Bertz CT molecular complexity index is 971. The summed E-state index contributed by atoms with van der Waals surface area (Å²) in [6.45, 7) is 8.30. The molecule has 2 N–H and O–H groups in total. The van der Waals surface area contributed by atoms with Crippen LogP contribution in [0.1, 0.15) is 67.9 Å². The molecule has 0 spiro atoms. The Hall–Kier alpha value is -2.70. The Morgan fingerprint density at radius 2 is 1.85 bits per heavy atom. The molecule has 0 saturated heterocycles. The lowest BCUT2D eigenvalue weighted by molar-refractivity contribution is 0.186. The number of phenolic OH excluding ortho intramolecular Hbond substituents is 1. The summed E-state index contributed by atoms with van der Waals surface area (Å²) in [7, 11) is 3.22. The highest BCUT2D eigenvalue weighted by molar-refractivity contribution is 5.62. The SMILES string of the molecule is CC=Cc1cc(OC)c2c(c1)[C@H](C)[C@@H](c1cc(CN(CCO)CCCC)c(O)c(OC)c1)O2. The van der Waals surface area contributed by atoms with Crippen LogP contribution in [0.4, 0.5) is 0 Å². The number of allylic oxidation sites excluding steroid dienone is 1. The van der Waals surface area contributed by atoms with Crippen LogP contribution in [-0.2, 0) is 6.54 Å². The van der Waals surface area contributed by atoms with Gasteiger partial charge >= 0.3 is 0 Å². The fraction of sp³-hybridized carbons (Fsp3) is 0.481. The van der Waals surface area contributed by atoms with E-state index in [1.165, 1.54) is 0 Å². The monoisotopic (exact) mass is 455 g/mol. The van der Waals surface area contributed by atoms with Crippen LogP contribution in [0.5, 0.6) is 23.0 Å². The maximum atomic E-state index is 10.8. The van der Waals surface area contributed by atoms with Crippen molar-refractivity contribution in [3.63, 3.8) is 0 Å². The molecule has 2 aromatic carbocycles. The van der Waals surface area contributed by atoms with Crippen LogP contribution in [0.25, 0.3) is 6.08 Å². The smallest absolute Gasteiger partial charge is 0.165 e. The molecule has 6 nitrogen and oxygen atoms in total. The lowest BCUT2D eigenvalue weighted by Gasteiger charge is -2.24. The number of fused-ring (bicyclic) bond motifs is 1. The standard InChI is InChI=1S/C27H37NO5/c1-6-8-10-28(11-12-29)17-21-15-20(16-23(31-4)25(21)30)26-18(3)22-13-19(9-7-2)14-24(32-5)27(22)33-26/h7,9,13-16,18,26,29-30H,6,8,10-12,17H2,1-5H3/t18-,26-/m0/s1. The van der Waals surface area contributed by atoms with E-state index in [2.05, 4.69) is 30.9 Å². The molecule has 3 rings (SSSR count). The molecule has 0 fully saturated rings. The van der Waals surface area contributed by atoms with Gasteiger partial charge in [0.05, 0.1) is 20.8 Å². The topological polar surface area (TPSA) is 71.4 Å². The van der Waals surface area contributed by atoms with Crippen LogP contribution in [0.3, 0.4) is 0 Å². The number of benzene rings is 2. The van der Waals surface area contributed by atoms with Crippen LogP contribution < -0.4 is 14.2 Å². The van der Waals surface area contributed by atoms with Gasteiger partial charge in [0.1, 0.15) is 6.10 Å². The van der Waals surface area contributed by atoms with Crippen molar-refractivity contribution >= 4 is 6.08 Å². The van der Waals surface area contributed by atoms with Crippen molar-refractivity contribution in [3.8, 4) is 23.0 Å². The quantitative estimate of drug-likeness (QED) is 0.481. The van der Waals surface area contributed by atoms with Crippen LogP contribution in [0.15, 0.2) is 30.3 Å². The van der Waals surface area contributed by atoms with Crippen molar-refractivity contribution in [1.82, 2.24) is 4.90 Å². The largest absolute Gasteiger partial charge is 0.504 e. The lowest BCUT2D eigenvalue weighted by atomic mass is 9.90. The van der Waals surface area contributed by atoms with Gasteiger partial charge in [-0.15, -0.1) is 0 Å². The molecule has 0 saturated carbocycles. The van der Waals surface area contributed by atoms with E-state index in [0.29, 0.717) is 18.8 Å². The van der Waals surface area contributed by atoms with Gasteiger partial charge in [-0.2, -0.15) is 0 Å². The minimum atomic E-state index is -0.232. The molecule has 0 radical (unpaired) electrons. The van der Waals surface area contributed by atoms with Crippen LogP contribution in [0.2, 0.25) is 0 Å². The van der Waals surface area contributed by atoms with E-state index in [-0.39, 0.29) is 24.4 Å². The molecular weight excluding hydrogens is 418 g/mol. The van der Waals surface area contributed by atoms with Gasteiger partial charge in [-0.25, -0.2) is 0 Å². The number of hydrogen-bond acceptors (Lipinski definition) is 6. The predicted molar refractivity (Wildman–Crippen MR) is 131 cm³/mol. The van der Waals surface area contributed by atoms with E-state index in [4.69, 9.17) is 14.2 Å². The number of hydrogen-bond donors (Lipinski definition) is 2. The fourth-order valence-electron chi connectivity index (χ4n) is 4.46. The zero-order valence-electron chi connectivity index (χ0n) is 20.4. The van der Waals surface area contributed by atoms with Gasteiger partial charge in [-0.05, 0) is 55.3 Å². The second-order valence-electron chi connectivity index (χ2n) is 8.55. The molecule has 2 aromatic rings. The Kier molecular flexibility index (Phi) is 8.64. The summed E-state index contributed by atoms with van der Waals surface area (Å²) in [5.74, 6) is 2.14. The molecule has 0 aromatic heterocycles. The maximum Gasteiger partial charge on any atom is 0.165 e. The Morgan fingerprint density at radius 1 is 1.09 bits per heavy atom. The Labute approximate surface area is 197 Å². The van der Waals surface area contributed by atoms with Crippen molar-refractivity contribution in [3.05, 3.63) is 52.6 Å². The van der Waals surface area contributed by atoms with Gasteiger partial charge in [0.15, 0.2) is 23.0 Å². The summed E-state index contributed by atoms with van der Waals surface area (Å²) < 4.78 is 17.6. The molecule has 0 amide bonds. The van der Waals surface area contributed by atoms with Gasteiger partial charge in [0.2, 0.25) is 0 Å². The third-order valence-electron chi connectivity index (χ3n) is 6.24. The maximum absolute atomic E-state index is 10.8. The van der Waals surface area contributed by atoms with Crippen LogP contribution in [-0.4, -0.2) is 49.0 Å². The number of aliphatic hydroxyl groups excluding tert-OH is 1. The summed E-state index contributed by atoms with van der Waals surface area (Å²) in [5.41, 5.74) is 3.88. The number of rotatable bonds is 11. The third-order valence-corrected chi connectivity index (χ3v) is 6.24. The first kappa shape index (κ1) is 24.9. The highest BCUT2D eigenvalue weighted by atomic mass is 16.5. The summed E-state index contributed by atoms with van der Waals surface area (Å²) in [4.78, 5) is 2.15. The van der Waals surface area contributed by atoms with Crippen molar-refractivity contribution in [2.75, 3.05) is 33.9 Å². The zero-order chi connectivity index (χ0) is 24.0. The molecule has 1 aliphatic rings. The summed E-state index contributed by atoms with van der Waals surface area (Å²) in [6.07, 6.45) is 5.93. The van der Waals surface area contributed by atoms with E-state index in [9.17, 15) is 10.2 Å². The van der Waals surface area contributed by atoms with E-state index in [0.717, 1.165) is 53.1 Å². The van der Waals surface area contributed by atoms with E-state index in [1.54, 1.807) is 14.2 Å². The average molecular weight is 456 g/mol. The Morgan fingerprint density at radius 3 is 2.48 bits per heavy atom. The number of aromatic hydroxyl groups is 1. The zero-order valence-corrected chi connectivity index (χ0v) is 20.4. The van der Waals surface area contributed by atoms with Crippen molar-refractivity contribution in [1.29, 1.82) is 0 Å². The molecular formula is C27H37NO5. The number of nitrogens with zero attached hydrogens (tertiary/aromatic N) is 1. The van der Waals surface area contributed by atoms with Gasteiger partial charge in [-0.1, -0.05) is 32.4 Å². The first-order valence-electron chi connectivity index (χ1n) is 11.7. The first-order valence-corrected chi connectivity index (χ1v) is 11.7. The number of aliphatic hydroxyl groups is 1. The highest BCUT2D eigenvalue weighted by Gasteiger charge is 2.36. The van der Waals surface area contributed by atoms with Crippen molar-refractivity contribution < 1.29 is 24.4 Å². The van der Waals surface area contributed by atoms with E-state index < -0.39 is 0 Å². The fourth-order valence-corrected chi connectivity index (χ4v) is 4.46. The minimum Gasteiger partial charge on any atom is -0.504 e. The lowest BCUT2D eigenvalue weighted by Crippen LogP contribution is -2.27. The van der Waals surface area contributed by atoms with E-state index in [1.807, 2.05) is 31.2 Å². The first-order chi connectivity index (χ1) is 16.0. The van der Waals surface area contributed by atoms with Crippen LogP contribution in [0, 0.1) is 0 Å². The molecule has 0 bridgehead atoms. The van der Waals surface area contributed by atoms with Crippen LogP contribution >= 0.6 is 0 Å². The van der Waals surface area contributed by atoms with Gasteiger partial charge in [0, 0.05) is 30.1 Å².